The van der Waals surface area contributed by atoms with Crippen LogP contribution in [0.4, 0.5) is 5.69 Å². The topological polar surface area (TPSA) is 129 Å². The summed E-state index contributed by atoms with van der Waals surface area (Å²) < 4.78 is 0. The van der Waals surface area contributed by atoms with Crippen molar-refractivity contribution in [2.45, 2.75) is 51.5 Å². The Morgan fingerprint density at radius 1 is 1.00 bits per heavy atom. The fraction of sp³-hybridized carbons (Fsp3) is 0.379. The molecule has 1 saturated carbocycles. The third-order valence-electron chi connectivity index (χ3n) is 6.66. The van der Waals surface area contributed by atoms with Gasteiger partial charge in [0.05, 0.1) is 35.7 Å². The summed E-state index contributed by atoms with van der Waals surface area (Å²) in [6.45, 7) is 2.73. The first-order chi connectivity index (χ1) is 18.8. The van der Waals surface area contributed by atoms with Crippen LogP contribution in [0.2, 0.25) is 5.02 Å². The lowest BCUT2D eigenvalue weighted by molar-refractivity contribution is -0.143. The number of Topliss-reactive ketones (excluding diaryl/α,β-unsaturated/α-hetero) is 1. The van der Waals surface area contributed by atoms with Gasteiger partial charge in [-0.25, -0.2) is 4.98 Å². The largest absolute Gasteiger partial charge is 0.481 e. The molecule has 2 aliphatic rings. The minimum Gasteiger partial charge on any atom is -0.481 e. The predicted octanol–water partition coefficient (Wildman–Crippen LogP) is 5.22. The van der Waals surface area contributed by atoms with E-state index in [0.717, 1.165) is 72.3 Å². The number of rotatable bonds is 10. The Balaban J connectivity index is 0.000000386. The number of hydrogen-bond acceptors (Lipinski definition) is 7. The smallest absolute Gasteiger partial charge is 0.303 e. The second-order valence-corrected chi connectivity index (χ2v) is 11.0. The summed E-state index contributed by atoms with van der Waals surface area (Å²) in [6.07, 6.45) is 4.03. The van der Waals surface area contributed by atoms with Gasteiger partial charge in [0.15, 0.2) is 0 Å². The molecular formula is C29H32ClN3O5S. The molecule has 8 nitrogen and oxygen atoms in total. The third-order valence-corrected chi connectivity index (χ3v) is 7.83. The summed E-state index contributed by atoms with van der Waals surface area (Å²) in [6, 6.07) is 12.6. The van der Waals surface area contributed by atoms with Gasteiger partial charge >= 0.3 is 11.9 Å². The van der Waals surface area contributed by atoms with E-state index in [9.17, 15) is 14.4 Å². The summed E-state index contributed by atoms with van der Waals surface area (Å²) in [5.74, 6) is -1.51. The number of carboxylic acids is 2. The van der Waals surface area contributed by atoms with E-state index in [0.29, 0.717) is 18.1 Å². The number of halogens is 1. The van der Waals surface area contributed by atoms with E-state index in [4.69, 9.17) is 21.8 Å². The number of nitrogens with one attached hydrogen (secondary N) is 2. The third kappa shape index (κ3) is 8.61. The highest BCUT2D eigenvalue weighted by Crippen LogP contribution is 2.33. The number of carboxylic acid groups (broad SMARTS) is 2. The summed E-state index contributed by atoms with van der Waals surface area (Å²) in [5, 5.41) is 26.6. The van der Waals surface area contributed by atoms with E-state index < -0.39 is 11.9 Å². The zero-order valence-corrected chi connectivity index (χ0v) is 23.1. The molecule has 2 heterocycles. The molecular weight excluding hydrogens is 538 g/mol. The highest BCUT2D eigenvalue weighted by molar-refractivity contribution is 7.10. The lowest BCUT2D eigenvalue weighted by atomic mass is 10.0. The number of carbonyl (C=O) groups is 3. The molecule has 0 saturated heterocycles. The van der Waals surface area contributed by atoms with Gasteiger partial charge in [-0.05, 0) is 61.5 Å². The number of benzene rings is 2. The molecule has 206 valence electrons. The Hall–Kier alpha value is -3.27. The fourth-order valence-electron chi connectivity index (χ4n) is 4.36. The molecule has 4 N–H and O–H groups in total. The van der Waals surface area contributed by atoms with Gasteiger partial charge in [-0.1, -0.05) is 41.9 Å². The molecule has 0 atom stereocenters. The Morgan fingerprint density at radius 3 is 2.36 bits per heavy atom. The van der Waals surface area contributed by atoms with Gasteiger partial charge in [-0.3, -0.25) is 14.4 Å². The Morgan fingerprint density at radius 2 is 1.69 bits per heavy atom. The molecule has 0 amide bonds. The van der Waals surface area contributed by atoms with Crippen molar-refractivity contribution in [3.05, 3.63) is 68.5 Å². The van der Waals surface area contributed by atoms with Crippen LogP contribution in [0.5, 0.6) is 0 Å². The van der Waals surface area contributed by atoms with Gasteiger partial charge < -0.3 is 20.8 Å². The second kappa shape index (κ2) is 13.7. The summed E-state index contributed by atoms with van der Waals surface area (Å²) in [4.78, 5) is 36.0. The summed E-state index contributed by atoms with van der Waals surface area (Å²) >= 11 is 8.12. The first kappa shape index (κ1) is 28.7. The number of anilines is 1. The van der Waals surface area contributed by atoms with E-state index in [1.54, 1.807) is 11.3 Å². The normalized spacial score (nSPS) is 14.4. The minimum absolute atomic E-state index is 0.295. The molecule has 1 aliphatic heterocycles. The molecule has 5 rings (SSSR count). The van der Waals surface area contributed by atoms with E-state index in [1.807, 2.05) is 6.07 Å². The Kier molecular flexibility index (Phi) is 10.1. The number of nitrogens with zero attached hydrogens (tertiary/aromatic N) is 1. The number of aliphatic carboxylic acids is 2. The lowest BCUT2D eigenvalue weighted by Crippen LogP contribution is -2.16. The van der Waals surface area contributed by atoms with Crippen molar-refractivity contribution in [1.29, 1.82) is 0 Å². The van der Waals surface area contributed by atoms with Crippen molar-refractivity contribution in [3.63, 3.8) is 0 Å². The van der Waals surface area contributed by atoms with Crippen molar-refractivity contribution in [1.82, 2.24) is 10.3 Å². The van der Waals surface area contributed by atoms with E-state index >= 15 is 0 Å². The van der Waals surface area contributed by atoms with Crippen LogP contribution in [0.25, 0.3) is 11.3 Å². The molecule has 0 bridgehead atoms. The van der Waals surface area contributed by atoms with E-state index in [1.165, 1.54) is 16.7 Å². The van der Waals surface area contributed by atoms with Gasteiger partial charge in [0.25, 0.3) is 0 Å². The first-order valence-electron chi connectivity index (χ1n) is 13.0. The number of ketones is 1. The van der Waals surface area contributed by atoms with Gasteiger partial charge in [0, 0.05) is 23.4 Å². The second-order valence-electron chi connectivity index (χ2n) is 9.69. The zero-order chi connectivity index (χ0) is 27.8. The van der Waals surface area contributed by atoms with Gasteiger partial charge in [-0.15, -0.1) is 11.3 Å². The predicted molar refractivity (Wildman–Crippen MR) is 153 cm³/mol. The number of hydrogen-bond donors (Lipinski definition) is 4. The maximum atomic E-state index is 12.0. The van der Waals surface area contributed by atoms with Crippen LogP contribution in [-0.2, 0) is 40.2 Å². The van der Waals surface area contributed by atoms with E-state index in [-0.39, 0.29) is 12.8 Å². The van der Waals surface area contributed by atoms with E-state index in [2.05, 4.69) is 51.3 Å². The maximum Gasteiger partial charge on any atom is 0.303 e. The van der Waals surface area contributed by atoms with Gasteiger partial charge in [0.2, 0.25) is 0 Å². The van der Waals surface area contributed by atoms with Crippen molar-refractivity contribution < 1.29 is 24.6 Å². The zero-order valence-electron chi connectivity index (χ0n) is 21.5. The number of fused-ring (bicyclic) bond motifs is 1. The molecule has 0 radical (unpaired) electrons. The van der Waals surface area contributed by atoms with Gasteiger partial charge in [0.1, 0.15) is 10.8 Å². The molecule has 10 heteroatoms. The van der Waals surface area contributed by atoms with Crippen LogP contribution in [0.1, 0.15) is 47.4 Å². The van der Waals surface area contributed by atoms with Crippen LogP contribution in [0, 0.1) is 5.92 Å². The molecule has 0 unspecified atom stereocenters. The molecule has 1 aromatic heterocycles. The SMILES string of the molecule is O=C(Cc1nc(-c2ccc(CNc3c(Cl)ccc4c3CCNCC4)cc2)cs1)C1CC1.O=C(O)CCC(=O)O. The summed E-state index contributed by atoms with van der Waals surface area (Å²) in [7, 11) is 0. The quantitative estimate of drug-likeness (QED) is 0.261. The first-order valence-corrected chi connectivity index (χ1v) is 14.3. The highest BCUT2D eigenvalue weighted by atomic mass is 35.5. The highest BCUT2D eigenvalue weighted by Gasteiger charge is 2.29. The fourth-order valence-corrected chi connectivity index (χ4v) is 5.41. The Labute approximate surface area is 236 Å². The molecule has 0 spiro atoms. The van der Waals surface area contributed by atoms with Crippen LogP contribution < -0.4 is 10.6 Å². The molecule has 1 aliphatic carbocycles. The maximum absolute atomic E-state index is 12.0. The van der Waals surface area contributed by atoms with Crippen LogP contribution in [-0.4, -0.2) is 46.0 Å². The molecule has 3 aromatic rings. The number of carbonyl (C=O) groups excluding carboxylic acids is 1. The van der Waals surface area contributed by atoms with Crippen LogP contribution >= 0.6 is 22.9 Å². The number of aromatic nitrogens is 1. The van der Waals surface area contributed by atoms with Crippen molar-refractivity contribution >= 4 is 46.3 Å². The standard InChI is InChI=1S/C25H26ClN3OS.C4H6O4/c26-21-8-7-17-9-11-27-12-10-20(17)25(21)28-14-16-1-3-18(4-2-16)22-15-31-24(29-22)13-23(30)19-5-6-19;5-3(6)1-2-4(7)8/h1-4,7-8,15,19,27-28H,5-6,9-14H2;1-2H2,(H,5,6)(H,7,8). The molecule has 39 heavy (non-hydrogen) atoms. The van der Waals surface area contributed by atoms with Crippen LogP contribution in [0.15, 0.2) is 41.8 Å². The monoisotopic (exact) mass is 569 g/mol. The lowest BCUT2D eigenvalue weighted by Gasteiger charge is -2.16. The summed E-state index contributed by atoms with van der Waals surface area (Å²) in [5.41, 5.74) is 7.02. The average Bonchev–Trinajstić information content (AvgIpc) is 3.71. The molecule has 1 fully saturated rings. The molecule has 2 aromatic carbocycles. The van der Waals surface area contributed by atoms with Crippen molar-refractivity contribution in [2.75, 3.05) is 18.4 Å². The van der Waals surface area contributed by atoms with Crippen molar-refractivity contribution in [3.8, 4) is 11.3 Å². The minimum atomic E-state index is -1.08. The van der Waals surface area contributed by atoms with Crippen LogP contribution in [0.3, 0.4) is 0 Å². The van der Waals surface area contributed by atoms with Crippen molar-refractivity contribution in [2.24, 2.45) is 5.92 Å². The Bertz CT molecular complexity index is 1310. The van der Waals surface area contributed by atoms with Gasteiger partial charge in [-0.2, -0.15) is 0 Å². The average molecular weight is 570 g/mol. The number of thiazole rings is 1.